The second-order valence-corrected chi connectivity index (χ2v) is 9.62. The summed E-state index contributed by atoms with van der Waals surface area (Å²) in [6.45, 7) is 4.61. The lowest BCUT2D eigenvalue weighted by Crippen LogP contribution is -2.49. The fourth-order valence-electron chi connectivity index (χ4n) is 5.98. The van der Waals surface area contributed by atoms with Gasteiger partial charge in [-0.3, -0.25) is 0 Å². The van der Waals surface area contributed by atoms with E-state index in [9.17, 15) is 4.79 Å². The molecule has 164 valence electrons. The minimum absolute atomic E-state index is 0.0762. The van der Waals surface area contributed by atoms with E-state index in [1.165, 1.54) is 43.4 Å². The van der Waals surface area contributed by atoms with Crippen LogP contribution in [0.25, 0.3) is 0 Å². The number of hydrogen-bond donors (Lipinski definition) is 2. The molecule has 1 amide bonds. The van der Waals surface area contributed by atoms with Crippen LogP contribution in [0.4, 0.5) is 10.5 Å². The molecular formula is C24H35N3O3. The molecule has 3 fully saturated rings. The van der Waals surface area contributed by atoms with Crippen LogP contribution in [0.15, 0.2) is 24.3 Å². The fraction of sp³-hybridized carbons (Fsp3) is 0.708. The van der Waals surface area contributed by atoms with E-state index in [0.29, 0.717) is 24.7 Å². The predicted molar refractivity (Wildman–Crippen MR) is 117 cm³/mol. The van der Waals surface area contributed by atoms with E-state index < -0.39 is 0 Å². The standard InChI is InChI=1S/C24H35N3O3/c28-23(30-20-9-14-29-16-20)26-18-5-1-2-6-19(15-18)27-12-10-24(11-13-27)17-25-22-8-4-3-7-21(22)24/h3-4,7-8,18-20,25H,1-2,5-6,9-17H2,(H,26,28)/t18?,19?,20-/m1/s1. The van der Waals surface area contributed by atoms with Crippen LogP contribution in [-0.2, 0) is 14.9 Å². The monoisotopic (exact) mass is 413 g/mol. The number of fused-ring (bicyclic) bond motifs is 2. The summed E-state index contributed by atoms with van der Waals surface area (Å²) in [5.74, 6) is 0. The molecule has 2 N–H and O–H groups in total. The summed E-state index contributed by atoms with van der Waals surface area (Å²) in [4.78, 5) is 15.0. The van der Waals surface area contributed by atoms with Crippen LogP contribution in [-0.4, -0.2) is 62.0 Å². The van der Waals surface area contributed by atoms with E-state index in [0.717, 1.165) is 38.9 Å². The van der Waals surface area contributed by atoms with Crippen LogP contribution < -0.4 is 10.6 Å². The van der Waals surface area contributed by atoms with E-state index >= 15 is 0 Å². The molecule has 6 heteroatoms. The Morgan fingerprint density at radius 3 is 2.83 bits per heavy atom. The molecule has 2 unspecified atom stereocenters. The smallest absolute Gasteiger partial charge is 0.407 e. The Balaban J connectivity index is 1.16. The van der Waals surface area contributed by atoms with Gasteiger partial charge in [-0.05, 0) is 56.8 Å². The van der Waals surface area contributed by atoms with Gasteiger partial charge < -0.3 is 25.0 Å². The van der Waals surface area contributed by atoms with Crippen LogP contribution in [0.1, 0.15) is 56.9 Å². The minimum Gasteiger partial charge on any atom is -0.444 e. The summed E-state index contributed by atoms with van der Waals surface area (Å²) >= 11 is 0. The first-order valence-electron chi connectivity index (χ1n) is 11.8. The maximum Gasteiger partial charge on any atom is 0.407 e. The number of carbonyl (C=O) groups excluding carboxylic acids is 1. The molecule has 3 heterocycles. The van der Waals surface area contributed by atoms with E-state index in [2.05, 4.69) is 39.8 Å². The molecule has 5 rings (SSSR count). The van der Waals surface area contributed by atoms with Crippen molar-refractivity contribution in [2.45, 2.75) is 75.0 Å². The number of rotatable bonds is 3. The average molecular weight is 414 g/mol. The number of benzene rings is 1. The molecule has 2 saturated heterocycles. The Bertz CT molecular complexity index is 741. The summed E-state index contributed by atoms with van der Waals surface area (Å²) in [5, 5.41) is 6.80. The van der Waals surface area contributed by atoms with Crippen LogP contribution in [0.3, 0.4) is 0 Å². The molecule has 1 spiro atoms. The first-order valence-corrected chi connectivity index (χ1v) is 11.8. The number of piperidine rings is 1. The molecule has 0 aromatic heterocycles. The van der Waals surface area contributed by atoms with Crippen molar-refractivity contribution in [2.24, 2.45) is 0 Å². The average Bonchev–Trinajstić information content (AvgIpc) is 3.32. The van der Waals surface area contributed by atoms with E-state index in [4.69, 9.17) is 9.47 Å². The zero-order valence-corrected chi connectivity index (χ0v) is 17.9. The van der Waals surface area contributed by atoms with E-state index in [-0.39, 0.29) is 18.2 Å². The molecule has 1 saturated carbocycles. The number of nitrogens with zero attached hydrogens (tertiary/aromatic N) is 1. The topological polar surface area (TPSA) is 62.8 Å². The number of alkyl carbamates (subject to hydrolysis) is 1. The van der Waals surface area contributed by atoms with Gasteiger partial charge in [-0.15, -0.1) is 0 Å². The summed E-state index contributed by atoms with van der Waals surface area (Å²) in [5.41, 5.74) is 3.15. The third kappa shape index (κ3) is 4.17. The molecule has 3 atom stereocenters. The van der Waals surface area contributed by atoms with Crippen molar-refractivity contribution in [3.8, 4) is 0 Å². The SMILES string of the molecule is O=C(NC1CCCCC(N2CCC3(CC2)CNc2ccccc23)C1)O[C@@H]1CCOC1. The Morgan fingerprint density at radius 1 is 1.17 bits per heavy atom. The summed E-state index contributed by atoms with van der Waals surface area (Å²) in [6.07, 6.45) is 8.68. The molecule has 1 aliphatic carbocycles. The van der Waals surface area contributed by atoms with Crippen LogP contribution >= 0.6 is 0 Å². The van der Waals surface area contributed by atoms with E-state index in [1.807, 2.05) is 0 Å². The maximum absolute atomic E-state index is 12.3. The number of carbonyl (C=O) groups is 1. The van der Waals surface area contributed by atoms with Crippen molar-refractivity contribution in [2.75, 3.05) is 38.2 Å². The Kier molecular flexibility index (Phi) is 5.87. The fourth-order valence-corrected chi connectivity index (χ4v) is 5.98. The van der Waals surface area contributed by atoms with Gasteiger partial charge in [-0.25, -0.2) is 4.79 Å². The zero-order chi connectivity index (χ0) is 20.4. The molecule has 4 aliphatic rings. The molecular weight excluding hydrogens is 378 g/mol. The van der Waals surface area contributed by atoms with Gasteiger partial charge in [0.05, 0.1) is 13.2 Å². The van der Waals surface area contributed by atoms with Crippen molar-refractivity contribution in [1.82, 2.24) is 10.2 Å². The molecule has 3 aliphatic heterocycles. The highest BCUT2D eigenvalue weighted by Gasteiger charge is 2.42. The quantitative estimate of drug-likeness (QED) is 0.741. The molecule has 0 radical (unpaired) electrons. The van der Waals surface area contributed by atoms with Crippen LogP contribution in [0.2, 0.25) is 0 Å². The molecule has 1 aromatic carbocycles. The van der Waals surface area contributed by atoms with Crippen molar-refractivity contribution in [3.05, 3.63) is 29.8 Å². The van der Waals surface area contributed by atoms with Gasteiger partial charge in [0.25, 0.3) is 0 Å². The van der Waals surface area contributed by atoms with Crippen molar-refractivity contribution >= 4 is 11.8 Å². The number of anilines is 1. The normalized spacial score (nSPS) is 31.0. The number of amides is 1. The molecule has 30 heavy (non-hydrogen) atoms. The van der Waals surface area contributed by atoms with Gasteiger partial charge in [0.2, 0.25) is 0 Å². The minimum atomic E-state index is -0.262. The molecule has 6 nitrogen and oxygen atoms in total. The Labute approximate surface area is 179 Å². The summed E-state index contributed by atoms with van der Waals surface area (Å²) in [7, 11) is 0. The van der Waals surface area contributed by atoms with Gasteiger partial charge in [-0.2, -0.15) is 0 Å². The number of para-hydroxylation sites is 1. The summed E-state index contributed by atoms with van der Waals surface area (Å²) < 4.78 is 10.8. The number of ether oxygens (including phenoxy) is 2. The zero-order valence-electron chi connectivity index (χ0n) is 17.9. The van der Waals surface area contributed by atoms with Gasteiger partial charge in [0.15, 0.2) is 0 Å². The maximum atomic E-state index is 12.3. The third-order valence-electron chi connectivity index (χ3n) is 7.77. The van der Waals surface area contributed by atoms with Crippen molar-refractivity contribution < 1.29 is 14.3 Å². The van der Waals surface area contributed by atoms with Gasteiger partial charge in [0, 0.05) is 36.2 Å². The summed E-state index contributed by atoms with van der Waals surface area (Å²) in [6, 6.07) is 9.63. The van der Waals surface area contributed by atoms with Gasteiger partial charge in [0.1, 0.15) is 6.10 Å². The predicted octanol–water partition coefficient (Wildman–Crippen LogP) is 3.66. The highest BCUT2D eigenvalue weighted by atomic mass is 16.6. The van der Waals surface area contributed by atoms with Crippen LogP contribution in [0, 0.1) is 0 Å². The second-order valence-electron chi connectivity index (χ2n) is 9.62. The number of nitrogens with one attached hydrogen (secondary N) is 2. The second kappa shape index (κ2) is 8.75. The van der Waals surface area contributed by atoms with Gasteiger partial charge >= 0.3 is 6.09 Å². The first-order chi connectivity index (χ1) is 14.7. The molecule has 0 bridgehead atoms. The first kappa shape index (κ1) is 20.1. The third-order valence-corrected chi connectivity index (χ3v) is 7.77. The van der Waals surface area contributed by atoms with Gasteiger partial charge in [-0.1, -0.05) is 31.0 Å². The number of likely N-dealkylation sites (tertiary alicyclic amines) is 1. The highest BCUT2D eigenvalue weighted by Crippen LogP contribution is 2.44. The highest BCUT2D eigenvalue weighted by molar-refractivity contribution is 5.67. The lowest BCUT2D eigenvalue weighted by Gasteiger charge is -2.43. The van der Waals surface area contributed by atoms with Crippen molar-refractivity contribution in [1.29, 1.82) is 0 Å². The van der Waals surface area contributed by atoms with Crippen LogP contribution in [0.5, 0.6) is 0 Å². The number of hydrogen-bond acceptors (Lipinski definition) is 5. The largest absolute Gasteiger partial charge is 0.444 e. The lowest BCUT2D eigenvalue weighted by molar-refractivity contribution is 0.0769. The van der Waals surface area contributed by atoms with Crippen molar-refractivity contribution in [3.63, 3.8) is 0 Å². The Morgan fingerprint density at radius 2 is 2.00 bits per heavy atom. The van der Waals surface area contributed by atoms with E-state index in [1.54, 1.807) is 0 Å². The Hall–Kier alpha value is -1.79. The molecule has 1 aromatic rings. The lowest BCUT2D eigenvalue weighted by atomic mass is 9.74.